The highest BCUT2D eigenvalue weighted by molar-refractivity contribution is 9.10. The van der Waals surface area contributed by atoms with E-state index in [0.717, 1.165) is 20.9 Å². The van der Waals surface area contributed by atoms with E-state index in [0.29, 0.717) is 23.2 Å². The summed E-state index contributed by atoms with van der Waals surface area (Å²) in [6.07, 6.45) is 0. The van der Waals surface area contributed by atoms with Crippen LogP contribution in [0.1, 0.15) is 13.8 Å². The van der Waals surface area contributed by atoms with Crippen molar-refractivity contribution in [1.82, 2.24) is 14.5 Å². The van der Waals surface area contributed by atoms with E-state index in [1.807, 2.05) is 18.2 Å². The monoisotopic (exact) mass is 448 g/mol. The molecule has 118 valence electrons. The van der Waals surface area contributed by atoms with Gasteiger partial charge in [-0.2, -0.15) is 0 Å². The smallest absolute Gasteiger partial charge is 0.201 e. The second-order valence-corrected chi connectivity index (χ2v) is 6.90. The quantitative estimate of drug-likeness (QED) is 0.580. The van der Waals surface area contributed by atoms with Crippen molar-refractivity contribution in [3.63, 3.8) is 0 Å². The maximum Gasteiger partial charge on any atom is 0.201 e. The van der Waals surface area contributed by atoms with E-state index in [-0.39, 0.29) is 17.0 Å². The minimum atomic E-state index is -0.917. The minimum Gasteiger partial charge on any atom is -0.389 e. The third-order valence-corrected chi connectivity index (χ3v) is 3.93. The molecule has 0 saturated carbocycles. The van der Waals surface area contributed by atoms with Gasteiger partial charge in [-0.15, -0.1) is 17.0 Å². The van der Waals surface area contributed by atoms with Crippen molar-refractivity contribution in [3.05, 3.63) is 27.8 Å². The number of hydrogen-bond donors (Lipinski definition) is 2. The zero-order valence-electron chi connectivity index (χ0n) is 12.0. The number of hydrogen-bond acceptors (Lipinski definition) is 4. The Balaban J connectivity index is 0.00000176. The molecule has 22 heavy (non-hydrogen) atoms. The lowest BCUT2D eigenvalue weighted by Gasteiger charge is -2.19. The summed E-state index contributed by atoms with van der Waals surface area (Å²) in [5, 5.41) is 11.3. The van der Waals surface area contributed by atoms with Crippen molar-refractivity contribution in [2.45, 2.75) is 26.0 Å². The fraction of sp³-hybridized carbons (Fsp3) is 0.286. The Hall–Kier alpha value is -0.890. The molecular formula is C14H15Br2ClN4O. The summed E-state index contributed by atoms with van der Waals surface area (Å²) in [7, 11) is 0. The van der Waals surface area contributed by atoms with E-state index in [1.54, 1.807) is 18.4 Å². The van der Waals surface area contributed by atoms with Crippen molar-refractivity contribution in [3.8, 4) is 0 Å². The highest BCUT2D eigenvalue weighted by Gasteiger charge is 2.21. The van der Waals surface area contributed by atoms with Crippen molar-refractivity contribution in [2.24, 2.45) is 0 Å². The standard InChI is InChI=1S/C14H14BrClN4O.BrH/c1-14(2,21)6-20-11-8-4-3-7(15)5-9(8)18-12(16)10(11)19-13(20)17;/h3-5,21H,6H2,1-2H3,(H2,17,19);1H. The van der Waals surface area contributed by atoms with Crippen LogP contribution < -0.4 is 5.73 Å². The molecule has 2 heterocycles. The van der Waals surface area contributed by atoms with Crippen LogP contribution in [0.2, 0.25) is 5.15 Å². The molecule has 0 atom stereocenters. The molecular weight excluding hydrogens is 435 g/mol. The third-order valence-electron chi connectivity index (χ3n) is 3.17. The number of fused-ring (bicyclic) bond motifs is 3. The zero-order valence-corrected chi connectivity index (χ0v) is 16.0. The maximum absolute atomic E-state index is 10.1. The van der Waals surface area contributed by atoms with Crippen LogP contribution >= 0.6 is 44.5 Å². The molecule has 8 heteroatoms. The van der Waals surface area contributed by atoms with E-state index < -0.39 is 5.60 Å². The number of benzene rings is 1. The molecule has 0 aliphatic rings. The Labute approximate surface area is 151 Å². The van der Waals surface area contributed by atoms with Crippen molar-refractivity contribution >= 4 is 72.4 Å². The zero-order chi connectivity index (χ0) is 15.4. The van der Waals surface area contributed by atoms with E-state index in [4.69, 9.17) is 17.3 Å². The fourth-order valence-electron chi connectivity index (χ4n) is 2.39. The van der Waals surface area contributed by atoms with Crippen LogP contribution in [0.15, 0.2) is 22.7 Å². The molecule has 0 radical (unpaired) electrons. The van der Waals surface area contributed by atoms with Gasteiger partial charge in [-0.25, -0.2) is 9.97 Å². The van der Waals surface area contributed by atoms with Gasteiger partial charge in [0.1, 0.15) is 5.52 Å². The first-order valence-electron chi connectivity index (χ1n) is 6.39. The molecule has 0 aliphatic carbocycles. The number of anilines is 1. The van der Waals surface area contributed by atoms with Gasteiger partial charge >= 0.3 is 0 Å². The fourth-order valence-corrected chi connectivity index (χ4v) is 2.96. The predicted octanol–water partition coefficient (Wildman–Crippen LogP) is 3.93. The first kappa shape index (κ1) is 17.5. The molecule has 0 spiro atoms. The summed E-state index contributed by atoms with van der Waals surface area (Å²) < 4.78 is 2.69. The van der Waals surface area contributed by atoms with Gasteiger partial charge in [0.15, 0.2) is 5.15 Å². The third kappa shape index (κ3) is 3.08. The largest absolute Gasteiger partial charge is 0.389 e. The normalized spacial score (nSPS) is 11.9. The summed E-state index contributed by atoms with van der Waals surface area (Å²) in [6.45, 7) is 3.76. The summed E-state index contributed by atoms with van der Waals surface area (Å²) in [5.74, 6) is 0.311. The van der Waals surface area contributed by atoms with Gasteiger partial charge in [0.05, 0.1) is 23.2 Å². The van der Waals surface area contributed by atoms with Gasteiger partial charge in [-0.3, -0.25) is 0 Å². The van der Waals surface area contributed by atoms with Crippen LogP contribution in [0, 0.1) is 0 Å². The first-order chi connectivity index (χ1) is 9.76. The van der Waals surface area contributed by atoms with Crippen LogP contribution in [0.25, 0.3) is 21.9 Å². The average molecular weight is 451 g/mol. The molecule has 1 aromatic carbocycles. The molecule has 5 nitrogen and oxygen atoms in total. The Morgan fingerprint density at radius 1 is 1.36 bits per heavy atom. The van der Waals surface area contributed by atoms with Crippen molar-refractivity contribution in [1.29, 1.82) is 0 Å². The number of nitrogens with two attached hydrogens (primary N) is 1. The molecule has 0 amide bonds. The number of aliphatic hydroxyl groups is 1. The topological polar surface area (TPSA) is 77.0 Å². The van der Waals surface area contributed by atoms with Gasteiger partial charge < -0.3 is 15.4 Å². The lowest BCUT2D eigenvalue weighted by molar-refractivity contribution is 0.0633. The second-order valence-electron chi connectivity index (χ2n) is 5.63. The summed E-state index contributed by atoms with van der Waals surface area (Å²) in [4.78, 5) is 8.65. The van der Waals surface area contributed by atoms with E-state index in [1.165, 1.54) is 0 Å². The molecule has 0 unspecified atom stereocenters. The van der Waals surface area contributed by atoms with Gasteiger partial charge in [-0.1, -0.05) is 27.5 Å². The van der Waals surface area contributed by atoms with Crippen LogP contribution in [0.3, 0.4) is 0 Å². The van der Waals surface area contributed by atoms with Gasteiger partial charge in [0, 0.05) is 9.86 Å². The van der Waals surface area contributed by atoms with Crippen LogP contribution in [-0.2, 0) is 6.54 Å². The lowest BCUT2D eigenvalue weighted by Crippen LogP contribution is -2.26. The highest BCUT2D eigenvalue weighted by Crippen LogP contribution is 2.32. The molecule has 0 aliphatic heterocycles. The van der Waals surface area contributed by atoms with Crippen LogP contribution in [0.4, 0.5) is 5.95 Å². The Morgan fingerprint density at radius 2 is 2.05 bits per heavy atom. The molecule has 0 fully saturated rings. The molecule has 3 rings (SSSR count). The number of nitrogen functional groups attached to an aromatic ring is 1. The van der Waals surface area contributed by atoms with Gasteiger partial charge in [0.25, 0.3) is 0 Å². The van der Waals surface area contributed by atoms with Crippen LogP contribution in [0.5, 0.6) is 0 Å². The maximum atomic E-state index is 10.1. The predicted molar refractivity (Wildman–Crippen MR) is 98.8 cm³/mol. The lowest BCUT2D eigenvalue weighted by atomic mass is 10.1. The number of nitrogens with zero attached hydrogens (tertiary/aromatic N) is 3. The van der Waals surface area contributed by atoms with Gasteiger partial charge in [0.2, 0.25) is 5.95 Å². The summed E-state index contributed by atoms with van der Waals surface area (Å²) in [5.41, 5.74) is 7.17. The number of aromatic nitrogens is 3. The summed E-state index contributed by atoms with van der Waals surface area (Å²) >= 11 is 9.65. The molecule has 2 aromatic heterocycles. The number of pyridine rings is 1. The minimum absolute atomic E-state index is 0. The Bertz CT molecular complexity index is 858. The molecule has 3 aromatic rings. The first-order valence-corrected chi connectivity index (χ1v) is 7.56. The number of halogens is 3. The van der Waals surface area contributed by atoms with E-state index in [2.05, 4.69) is 25.9 Å². The number of imidazole rings is 1. The molecule has 3 N–H and O–H groups in total. The van der Waals surface area contributed by atoms with Gasteiger partial charge in [-0.05, 0) is 32.0 Å². The van der Waals surface area contributed by atoms with E-state index in [9.17, 15) is 5.11 Å². The SMILES string of the molecule is Br.CC(C)(O)Cn1c(N)nc2c(Cl)nc3cc(Br)ccc3c21. The summed E-state index contributed by atoms with van der Waals surface area (Å²) in [6, 6.07) is 5.75. The second kappa shape index (κ2) is 5.96. The van der Waals surface area contributed by atoms with Crippen LogP contribution in [-0.4, -0.2) is 25.2 Å². The Kier molecular flexibility index (Phi) is 4.73. The van der Waals surface area contributed by atoms with Crippen molar-refractivity contribution in [2.75, 3.05) is 5.73 Å². The van der Waals surface area contributed by atoms with E-state index >= 15 is 0 Å². The molecule has 0 saturated heterocycles. The number of rotatable bonds is 2. The van der Waals surface area contributed by atoms with Crippen molar-refractivity contribution < 1.29 is 5.11 Å². The molecule has 0 bridgehead atoms. The Morgan fingerprint density at radius 3 is 2.68 bits per heavy atom. The highest BCUT2D eigenvalue weighted by atomic mass is 79.9. The average Bonchev–Trinajstić information content (AvgIpc) is 2.66.